The van der Waals surface area contributed by atoms with Crippen LogP contribution in [-0.2, 0) is 4.79 Å². The van der Waals surface area contributed by atoms with Crippen molar-refractivity contribution in [2.24, 2.45) is 5.92 Å². The molecule has 1 aliphatic heterocycles. The molecule has 1 aliphatic rings. The first-order valence-electron chi connectivity index (χ1n) is 4.41. The van der Waals surface area contributed by atoms with Gasteiger partial charge in [-0.05, 0) is 5.92 Å². The predicted molar refractivity (Wildman–Crippen MR) is 48.2 cm³/mol. The quantitative estimate of drug-likeness (QED) is 0.551. The zero-order valence-electron chi connectivity index (χ0n) is 7.89. The molecule has 0 spiro atoms. The lowest BCUT2D eigenvalue weighted by molar-refractivity contribution is -0.122. The Morgan fingerprint density at radius 1 is 1.69 bits per heavy atom. The van der Waals surface area contributed by atoms with Crippen molar-refractivity contribution in [1.29, 1.82) is 0 Å². The van der Waals surface area contributed by atoms with E-state index in [1.807, 2.05) is 13.8 Å². The average Bonchev–Trinajstić information content (AvgIpc) is 2.47. The predicted octanol–water partition coefficient (Wildman–Crippen LogP) is -0.560. The van der Waals surface area contributed by atoms with Crippen LogP contribution in [0.5, 0.6) is 0 Å². The summed E-state index contributed by atoms with van der Waals surface area (Å²) in [7, 11) is 0. The van der Waals surface area contributed by atoms with Gasteiger partial charge in [0.25, 0.3) is 0 Å². The van der Waals surface area contributed by atoms with Gasteiger partial charge in [0.05, 0.1) is 0 Å². The Kier molecular flexibility index (Phi) is 3.11. The van der Waals surface area contributed by atoms with E-state index < -0.39 is 6.04 Å². The average molecular weight is 185 g/mol. The van der Waals surface area contributed by atoms with Gasteiger partial charge in [-0.3, -0.25) is 4.79 Å². The summed E-state index contributed by atoms with van der Waals surface area (Å²) in [6.45, 7) is 5.06. The lowest BCUT2D eigenvalue weighted by Gasteiger charge is -2.11. The van der Waals surface area contributed by atoms with Gasteiger partial charge < -0.3 is 16.0 Å². The van der Waals surface area contributed by atoms with Crippen molar-refractivity contribution < 1.29 is 9.59 Å². The summed E-state index contributed by atoms with van der Waals surface area (Å²) in [6, 6.07) is -0.684. The molecule has 1 atom stereocenters. The van der Waals surface area contributed by atoms with Crippen LogP contribution in [0, 0.1) is 5.92 Å². The maximum absolute atomic E-state index is 11.3. The van der Waals surface area contributed by atoms with E-state index in [0.29, 0.717) is 19.0 Å². The van der Waals surface area contributed by atoms with Crippen LogP contribution in [0.3, 0.4) is 0 Å². The molecule has 0 aromatic carbocycles. The van der Waals surface area contributed by atoms with E-state index in [1.54, 1.807) is 0 Å². The maximum atomic E-state index is 11.3. The van der Waals surface area contributed by atoms with Crippen molar-refractivity contribution in [3.8, 4) is 0 Å². The maximum Gasteiger partial charge on any atom is 0.315 e. The summed E-state index contributed by atoms with van der Waals surface area (Å²) in [5.74, 6) is 0.307. The molecule has 0 bridgehead atoms. The second-order valence-electron chi connectivity index (χ2n) is 3.55. The fraction of sp³-hybridized carbons (Fsp3) is 0.750. The van der Waals surface area contributed by atoms with Crippen LogP contribution >= 0.6 is 0 Å². The molecular weight excluding hydrogens is 170 g/mol. The second-order valence-corrected chi connectivity index (χ2v) is 3.55. The van der Waals surface area contributed by atoms with E-state index in [0.717, 1.165) is 0 Å². The van der Waals surface area contributed by atoms with Crippen molar-refractivity contribution in [2.45, 2.75) is 19.9 Å². The Bertz CT molecular complexity index is 215. The van der Waals surface area contributed by atoms with Gasteiger partial charge in [0.1, 0.15) is 6.04 Å². The Morgan fingerprint density at radius 3 is 2.85 bits per heavy atom. The number of carbonyl (C=O) groups excluding carboxylic acids is 2. The van der Waals surface area contributed by atoms with Gasteiger partial charge in [-0.2, -0.15) is 0 Å². The van der Waals surface area contributed by atoms with Crippen LogP contribution in [0.2, 0.25) is 0 Å². The lowest BCUT2D eigenvalue weighted by Crippen LogP contribution is -2.43. The highest BCUT2D eigenvalue weighted by molar-refractivity contribution is 5.90. The van der Waals surface area contributed by atoms with Crippen molar-refractivity contribution in [3.63, 3.8) is 0 Å². The third-order valence-corrected chi connectivity index (χ3v) is 1.77. The van der Waals surface area contributed by atoms with Crippen molar-refractivity contribution >= 4 is 11.9 Å². The number of hydrogen-bond acceptors (Lipinski definition) is 2. The van der Waals surface area contributed by atoms with Crippen molar-refractivity contribution in [3.05, 3.63) is 0 Å². The molecule has 0 aromatic rings. The van der Waals surface area contributed by atoms with Gasteiger partial charge >= 0.3 is 6.03 Å². The molecule has 1 fully saturated rings. The smallest absolute Gasteiger partial charge is 0.315 e. The number of nitrogens with one attached hydrogen (secondary N) is 3. The van der Waals surface area contributed by atoms with Crippen LogP contribution in [0.15, 0.2) is 0 Å². The van der Waals surface area contributed by atoms with E-state index in [2.05, 4.69) is 16.0 Å². The van der Waals surface area contributed by atoms with Gasteiger partial charge in [0.2, 0.25) is 5.91 Å². The highest BCUT2D eigenvalue weighted by Crippen LogP contribution is 1.92. The van der Waals surface area contributed by atoms with Crippen molar-refractivity contribution in [1.82, 2.24) is 16.0 Å². The first-order valence-corrected chi connectivity index (χ1v) is 4.41. The first kappa shape index (κ1) is 9.83. The van der Waals surface area contributed by atoms with E-state index in [1.165, 1.54) is 0 Å². The lowest BCUT2D eigenvalue weighted by atomic mass is 10.2. The molecule has 3 amide bonds. The minimum absolute atomic E-state index is 0.118. The molecular formula is C8H15N3O2. The Hall–Kier alpha value is -1.26. The normalized spacial score (nSPS) is 21.2. The zero-order valence-corrected chi connectivity index (χ0v) is 7.89. The van der Waals surface area contributed by atoms with Gasteiger partial charge in [-0.25, -0.2) is 4.79 Å². The topological polar surface area (TPSA) is 70.2 Å². The van der Waals surface area contributed by atoms with E-state index in [9.17, 15) is 9.59 Å². The molecule has 0 radical (unpaired) electrons. The molecule has 1 heterocycles. The Balaban J connectivity index is 2.27. The molecule has 5 heteroatoms. The first-order chi connectivity index (χ1) is 6.09. The third kappa shape index (κ3) is 2.93. The molecule has 1 saturated heterocycles. The largest absolute Gasteiger partial charge is 0.354 e. The molecule has 1 unspecified atom stereocenters. The summed E-state index contributed by atoms with van der Waals surface area (Å²) in [5, 5.41) is 7.79. The summed E-state index contributed by atoms with van der Waals surface area (Å²) >= 11 is 0. The SMILES string of the molecule is CC(C)CNC(=O)C1CNC(=O)N1. The van der Waals surface area contributed by atoms with Gasteiger partial charge in [0.15, 0.2) is 0 Å². The third-order valence-electron chi connectivity index (χ3n) is 1.77. The zero-order chi connectivity index (χ0) is 9.84. The highest BCUT2D eigenvalue weighted by Gasteiger charge is 2.26. The van der Waals surface area contributed by atoms with E-state index >= 15 is 0 Å². The molecule has 0 aromatic heterocycles. The fourth-order valence-corrected chi connectivity index (χ4v) is 1.04. The number of urea groups is 1. The minimum atomic E-state index is -0.411. The molecule has 74 valence electrons. The van der Waals surface area contributed by atoms with Crippen molar-refractivity contribution in [2.75, 3.05) is 13.1 Å². The molecule has 0 aliphatic carbocycles. The molecule has 1 rings (SSSR count). The standard InChI is InChI=1S/C8H15N3O2/c1-5(2)3-9-7(12)6-4-10-8(13)11-6/h5-6H,3-4H2,1-2H3,(H,9,12)(H2,10,11,13). The molecule has 5 nitrogen and oxygen atoms in total. The monoisotopic (exact) mass is 185 g/mol. The highest BCUT2D eigenvalue weighted by atomic mass is 16.2. The number of rotatable bonds is 3. The van der Waals surface area contributed by atoms with Gasteiger partial charge in [-0.1, -0.05) is 13.8 Å². The fourth-order valence-electron chi connectivity index (χ4n) is 1.04. The summed E-state index contributed by atoms with van der Waals surface area (Å²) < 4.78 is 0. The summed E-state index contributed by atoms with van der Waals surface area (Å²) in [6.07, 6.45) is 0. The van der Waals surface area contributed by atoms with E-state index in [-0.39, 0.29) is 11.9 Å². The van der Waals surface area contributed by atoms with Crippen LogP contribution in [0.25, 0.3) is 0 Å². The Labute approximate surface area is 77.3 Å². The summed E-state index contributed by atoms with van der Waals surface area (Å²) in [4.78, 5) is 22.0. The number of carbonyl (C=O) groups is 2. The van der Waals surface area contributed by atoms with Gasteiger partial charge in [0, 0.05) is 13.1 Å². The van der Waals surface area contributed by atoms with Crippen LogP contribution < -0.4 is 16.0 Å². The molecule has 3 N–H and O–H groups in total. The van der Waals surface area contributed by atoms with E-state index in [4.69, 9.17) is 0 Å². The summed E-state index contributed by atoms with van der Waals surface area (Å²) in [5.41, 5.74) is 0. The number of amides is 3. The molecule has 0 saturated carbocycles. The minimum Gasteiger partial charge on any atom is -0.354 e. The Morgan fingerprint density at radius 2 is 2.38 bits per heavy atom. The van der Waals surface area contributed by atoms with Gasteiger partial charge in [-0.15, -0.1) is 0 Å². The van der Waals surface area contributed by atoms with Crippen LogP contribution in [0.1, 0.15) is 13.8 Å². The second kappa shape index (κ2) is 4.11. The number of hydrogen-bond donors (Lipinski definition) is 3. The van der Waals surface area contributed by atoms with Crippen LogP contribution in [0.4, 0.5) is 4.79 Å². The van der Waals surface area contributed by atoms with Crippen LogP contribution in [-0.4, -0.2) is 31.1 Å². The molecule has 13 heavy (non-hydrogen) atoms.